The Morgan fingerprint density at radius 2 is 1.80 bits per heavy atom. The molecule has 0 saturated heterocycles. The number of allylic oxidation sites excluding steroid dienone is 1. The molecular weight excluding hydrogens is 370 g/mol. The molecule has 0 atom stereocenters. The number of carbonyl (C=O) groups excluding carboxylic acids is 1. The minimum atomic E-state index is -0.396. The number of nitriles is 1. The number of aryl methyl sites for hydroxylation is 3. The number of hydrogen-bond donors (Lipinski definition) is 1. The van der Waals surface area contributed by atoms with Crippen molar-refractivity contribution in [3.63, 3.8) is 0 Å². The fourth-order valence-corrected chi connectivity index (χ4v) is 3.92. The Hall–Kier alpha value is -3.32. The standard InChI is InChI=1S/C26H29N3O/c1-16-8-9-23(18(3)10-16)28-25(30)21(15-27)12-20-13-22-19(4)14-26(5,6)29(7)24(22)11-17(20)2/h8-14H,1-7H3,(H,28,30)/b21-12-. The Balaban J connectivity index is 1.98. The van der Waals surface area contributed by atoms with E-state index in [0.29, 0.717) is 0 Å². The van der Waals surface area contributed by atoms with Gasteiger partial charge < -0.3 is 10.2 Å². The molecule has 2 aromatic rings. The van der Waals surface area contributed by atoms with Crippen molar-refractivity contribution in [2.24, 2.45) is 0 Å². The van der Waals surface area contributed by atoms with Gasteiger partial charge in [-0.15, -0.1) is 0 Å². The van der Waals surface area contributed by atoms with E-state index in [0.717, 1.165) is 39.2 Å². The topological polar surface area (TPSA) is 56.1 Å². The van der Waals surface area contributed by atoms with Crippen LogP contribution in [0, 0.1) is 32.1 Å². The number of hydrogen-bond acceptors (Lipinski definition) is 3. The zero-order valence-electron chi connectivity index (χ0n) is 18.8. The van der Waals surface area contributed by atoms with E-state index in [1.807, 2.05) is 39.0 Å². The number of nitrogens with one attached hydrogen (secondary N) is 1. The van der Waals surface area contributed by atoms with Crippen LogP contribution >= 0.6 is 0 Å². The first-order valence-corrected chi connectivity index (χ1v) is 10.1. The third-order valence-electron chi connectivity index (χ3n) is 5.90. The molecule has 0 unspecified atom stereocenters. The molecule has 1 aliphatic rings. The molecule has 0 radical (unpaired) electrons. The van der Waals surface area contributed by atoms with Crippen LogP contribution in [0.25, 0.3) is 11.6 Å². The smallest absolute Gasteiger partial charge is 0.266 e. The highest BCUT2D eigenvalue weighted by molar-refractivity contribution is 6.10. The van der Waals surface area contributed by atoms with Gasteiger partial charge in [0.2, 0.25) is 0 Å². The van der Waals surface area contributed by atoms with Crippen LogP contribution in [0.1, 0.15) is 48.6 Å². The van der Waals surface area contributed by atoms with Crippen LogP contribution in [-0.4, -0.2) is 18.5 Å². The lowest BCUT2D eigenvalue weighted by Crippen LogP contribution is -2.42. The van der Waals surface area contributed by atoms with Gasteiger partial charge >= 0.3 is 0 Å². The predicted molar refractivity (Wildman–Crippen MR) is 125 cm³/mol. The predicted octanol–water partition coefficient (Wildman–Crippen LogP) is 5.79. The molecular formula is C26H29N3O. The molecule has 1 heterocycles. The molecule has 0 spiro atoms. The summed E-state index contributed by atoms with van der Waals surface area (Å²) >= 11 is 0. The molecule has 154 valence electrons. The number of amides is 1. The normalized spacial score (nSPS) is 15.2. The number of benzene rings is 2. The van der Waals surface area contributed by atoms with Gasteiger partial charge in [-0.3, -0.25) is 4.79 Å². The number of likely N-dealkylation sites (N-methyl/N-ethyl adjacent to an activating group) is 1. The maximum Gasteiger partial charge on any atom is 0.266 e. The van der Waals surface area contributed by atoms with Gasteiger partial charge in [-0.25, -0.2) is 0 Å². The number of anilines is 2. The van der Waals surface area contributed by atoms with Crippen LogP contribution in [-0.2, 0) is 4.79 Å². The fourth-order valence-electron chi connectivity index (χ4n) is 3.92. The van der Waals surface area contributed by atoms with Crippen molar-refractivity contribution in [2.75, 3.05) is 17.3 Å². The molecule has 1 aliphatic heterocycles. The van der Waals surface area contributed by atoms with Crippen molar-refractivity contribution in [1.82, 2.24) is 0 Å². The van der Waals surface area contributed by atoms with Crippen LogP contribution in [0.4, 0.5) is 11.4 Å². The summed E-state index contributed by atoms with van der Waals surface area (Å²) in [5.41, 5.74) is 8.22. The van der Waals surface area contributed by atoms with Crippen LogP contribution in [0.3, 0.4) is 0 Å². The minimum Gasteiger partial charge on any atom is -0.365 e. The van der Waals surface area contributed by atoms with E-state index in [1.165, 1.54) is 5.57 Å². The first kappa shape index (κ1) is 21.4. The molecule has 0 aliphatic carbocycles. The molecule has 1 N–H and O–H groups in total. The maximum atomic E-state index is 12.8. The number of nitrogens with zero attached hydrogens (tertiary/aromatic N) is 2. The zero-order chi connectivity index (χ0) is 22.2. The Bertz CT molecular complexity index is 1130. The molecule has 0 saturated carbocycles. The van der Waals surface area contributed by atoms with Crippen molar-refractivity contribution >= 4 is 28.9 Å². The summed E-state index contributed by atoms with van der Waals surface area (Å²) in [6.45, 7) is 12.4. The van der Waals surface area contributed by atoms with Gasteiger partial charge in [0, 0.05) is 24.0 Å². The number of rotatable bonds is 3. The Morgan fingerprint density at radius 3 is 2.43 bits per heavy atom. The lowest BCUT2D eigenvalue weighted by Gasteiger charge is -2.41. The van der Waals surface area contributed by atoms with E-state index in [9.17, 15) is 10.1 Å². The van der Waals surface area contributed by atoms with E-state index in [2.05, 4.69) is 62.3 Å². The molecule has 0 fully saturated rings. The largest absolute Gasteiger partial charge is 0.365 e. The third kappa shape index (κ3) is 4.02. The van der Waals surface area contributed by atoms with Crippen molar-refractivity contribution in [1.29, 1.82) is 5.26 Å². The molecule has 3 rings (SSSR count). The summed E-state index contributed by atoms with van der Waals surface area (Å²) in [6.07, 6.45) is 3.93. The summed E-state index contributed by atoms with van der Waals surface area (Å²) < 4.78 is 0. The summed E-state index contributed by atoms with van der Waals surface area (Å²) in [6, 6.07) is 12.1. The Kier molecular flexibility index (Phi) is 5.59. The summed E-state index contributed by atoms with van der Waals surface area (Å²) in [7, 11) is 2.09. The van der Waals surface area contributed by atoms with Crippen LogP contribution < -0.4 is 10.2 Å². The van der Waals surface area contributed by atoms with Crippen LogP contribution in [0.5, 0.6) is 0 Å². The SMILES string of the molecule is CC1=CC(C)(C)N(C)c2cc(C)c(/C=C(/C#N)C(=O)Nc3ccc(C)cc3C)cc21. The second kappa shape index (κ2) is 7.84. The van der Waals surface area contributed by atoms with Gasteiger partial charge in [-0.05, 0) is 88.1 Å². The van der Waals surface area contributed by atoms with Gasteiger partial charge in [0.15, 0.2) is 0 Å². The van der Waals surface area contributed by atoms with E-state index in [1.54, 1.807) is 6.08 Å². The lowest BCUT2D eigenvalue weighted by atomic mass is 9.87. The highest BCUT2D eigenvalue weighted by atomic mass is 16.1. The van der Waals surface area contributed by atoms with E-state index in [-0.39, 0.29) is 11.1 Å². The van der Waals surface area contributed by atoms with Crippen molar-refractivity contribution in [3.8, 4) is 6.07 Å². The van der Waals surface area contributed by atoms with Gasteiger partial charge in [-0.1, -0.05) is 23.8 Å². The van der Waals surface area contributed by atoms with Crippen LogP contribution in [0.2, 0.25) is 0 Å². The first-order valence-electron chi connectivity index (χ1n) is 10.1. The zero-order valence-corrected chi connectivity index (χ0v) is 18.8. The van der Waals surface area contributed by atoms with Gasteiger partial charge in [0.05, 0.1) is 5.54 Å². The van der Waals surface area contributed by atoms with Crippen LogP contribution in [0.15, 0.2) is 42.0 Å². The molecule has 0 bridgehead atoms. The first-order chi connectivity index (χ1) is 14.0. The summed E-state index contributed by atoms with van der Waals surface area (Å²) in [5, 5.41) is 12.5. The maximum absolute atomic E-state index is 12.8. The Morgan fingerprint density at radius 1 is 1.10 bits per heavy atom. The van der Waals surface area contributed by atoms with Gasteiger partial charge in [0.25, 0.3) is 5.91 Å². The molecule has 4 nitrogen and oxygen atoms in total. The van der Waals surface area contributed by atoms with Crippen molar-refractivity contribution in [3.05, 3.63) is 69.8 Å². The minimum absolute atomic E-state index is 0.0650. The van der Waals surface area contributed by atoms with E-state index in [4.69, 9.17) is 0 Å². The molecule has 2 aromatic carbocycles. The van der Waals surface area contributed by atoms with E-state index >= 15 is 0 Å². The monoisotopic (exact) mass is 399 g/mol. The van der Waals surface area contributed by atoms with Crippen molar-refractivity contribution < 1.29 is 4.79 Å². The van der Waals surface area contributed by atoms with Crippen molar-refractivity contribution in [2.45, 2.75) is 47.1 Å². The molecule has 30 heavy (non-hydrogen) atoms. The number of fused-ring (bicyclic) bond motifs is 1. The number of carbonyl (C=O) groups is 1. The van der Waals surface area contributed by atoms with Gasteiger partial charge in [0.1, 0.15) is 11.6 Å². The highest BCUT2D eigenvalue weighted by Crippen LogP contribution is 2.39. The summed E-state index contributed by atoms with van der Waals surface area (Å²) in [4.78, 5) is 15.0. The second-order valence-electron chi connectivity index (χ2n) is 8.71. The fraction of sp³-hybridized carbons (Fsp3) is 0.308. The molecule has 4 heteroatoms. The average Bonchev–Trinajstić information content (AvgIpc) is 2.66. The highest BCUT2D eigenvalue weighted by Gasteiger charge is 2.28. The van der Waals surface area contributed by atoms with Gasteiger partial charge in [-0.2, -0.15) is 5.26 Å². The third-order valence-corrected chi connectivity index (χ3v) is 5.90. The quantitative estimate of drug-likeness (QED) is 0.525. The Labute approximate surface area is 179 Å². The molecule has 0 aromatic heterocycles. The van der Waals surface area contributed by atoms with E-state index < -0.39 is 5.91 Å². The summed E-state index contributed by atoms with van der Waals surface area (Å²) in [5.74, 6) is -0.396. The average molecular weight is 400 g/mol. The molecule has 1 amide bonds. The lowest BCUT2D eigenvalue weighted by molar-refractivity contribution is -0.112. The second-order valence-corrected chi connectivity index (χ2v) is 8.71.